The Morgan fingerprint density at radius 3 is 2.70 bits per heavy atom. The molecule has 1 saturated heterocycles. The first kappa shape index (κ1) is 19.6. The number of nitrogens with zero attached hydrogens (tertiary/aromatic N) is 2. The van der Waals surface area contributed by atoms with E-state index in [-0.39, 0.29) is 6.79 Å². The standard InChI is InChI=1S/C17H21BrN4O5/c18-13-9-15-14(26-11-27-15)8-12(13)10-20-21-17(24)16(23)19-2-1-3-22-4-6-25-7-5-22/h8-10H,1-7,11H2,(H,19,23)(H,21,24)/b20-10+. The number of morpholine rings is 1. The Labute approximate surface area is 165 Å². The van der Waals surface area contributed by atoms with Gasteiger partial charge in [-0.25, -0.2) is 5.43 Å². The van der Waals surface area contributed by atoms with Crippen molar-refractivity contribution in [3.8, 4) is 11.5 Å². The molecule has 2 amide bonds. The summed E-state index contributed by atoms with van der Waals surface area (Å²) in [5.74, 6) is -0.281. The van der Waals surface area contributed by atoms with Crippen molar-refractivity contribution in [1.29, 1.82) is 0 Å². The van der Waals surface area contributed by atoms with E-state index in [2.05, 4.69) is 36.7 Å². The maximum Gasteiger partial charge on any atom is 0.329 e. The highest BCUT2D eigenvalue weighted by molar-refractivity contribution is 9.10. The number of amides is 2. The molecule has 3 rings (SSSR count). The van der Waals surface area contributed by atoms with E-state index >= 15 is 0 Å². The van der Waals surface area contributed by atoms with Crippen LogP contribution < -0.4 is 20.2 Å². The van der Waals surface area contributed by atoms with Gasteiger partial charge in [-0.3, -0.25) is 14.5 Å². The summed E-state index contributed by atoms with van der Waals surface area (Å²) in [5.41, 5.74) is 2.90. The van der Waals surface area contributed by atoms with Gasteiger partial charge in [0.15, 0.2) is 11.5 Å². The number of fused-ring (bicyclic) bond motifs is 1. The molecule has 0 unspecified atom stereocenters. The van der Waals surface area contributed by atoms with Gasteiger partial charge in [-0.1, -0.05) is 0 Å². The molecule has 146 valence electrons. The Morgan fingerprint density at radius 2 is 1.93 bits per heavy atom. The molecule has 0 atom stereocenters. The number of benzene rings is 1. The average Bonchev–Trinajstić information content (AvgIpc) is 3.13. The zero-order valence-electron chi connectivity index (χ0n) is 14.7. The minimum atomic E-state index is -0.811. The average molecular weight is 441 g/mol. The normalized spacial score (nSPS) is 16.5. The molecule has 0 aliphatic carbocycles. The lowest BCUT2D eigenvalue weighted by molar-refractivity contribution is -0.139. The summed E-state index contributed by atoms with van der Waals surface area (Å²) in [4.78, 5) is 25.8. The van der Waals surface area contributed by atoms with Crippen molar-refractivity contribution in [1.82, 2.24) is 15.6 Å². The predicted octanol–water partition coefficient (Wildman–Crippen LogP) is 0.466. The summed E-state index contributed by atoms with van der Waals surface area (Å²) < 4.78 is 16.6. The van der Waals surface area contributed by atoms with Crippen LogP contribution in [0.3, 0.4) is 0 Å². The van der Waals surface area contributed by atoms with Gasteiger partial charge in [0.25, 0.3) is 0 Å². The van der Waals surface area contributed by atoms with E-state index in [4.69, 9.17) is 14.2 Å². The summed E-state index contributed by atoms with van der Waals surface area (Å²) in [7, 11) is 0. The lowest BCUT2D eigenvalue weighted by atomic mass is 10.2. The third-order valence-electron chi connectivity index (χ3n) is 4.11. The molecule has 0 radical (unpaired) electrons. The molecule has 2 N–H and O–H groups in total. The van der Waals surface area contributed by atoms with Crippen molar-refractivity contribution in [3.63, 3.8) is 0 Å². The highest BCUT2D eigenvalue weighted by Crippen LogP contribution is 2.36. The number of halogens is 1. The van der Waals surface area contributed by atoms with Crippen LogP contribution in [0, 0.1) is 0 Å². The second-order valence-electron chi connectivity index (χ2n) is 5.99. The smallest absolute Gasteiger partial charge is 0.329 e. The van der Waals surface area contributed by atoms with Gasteiger partial charge in [-0.2, -0.15) is 5.10 Å². The number of hydrazone groups is 1. The summed E-state index contributed by atoms with van der Waals surface area (Å²) >= 11 is 3.39. The van der Waals surface area contributed by atoms with Crippen LogP contribution in [0.5, 0.6) is 11.5 Å². The fraction of sp³-hybridized carbons (Fsp3) is 0.471. The fourth-order valence-electron chi connectivity index (χ4n) is 2.65. The number of hydrogen-bond acceptors (Lipinski definition) is 7. The second kappa shape index (κ2) is 9.67. The minimum absolute atomic E-state index is 0.171. The zero-order valence-corrected chi connectivity index (χ0v) is 16.3. The molecule has 0 saturated carbocycles. The third kappa shape index (κ3) is 5.65. The number of carbonyl (C=O) groups excluding carboxylic acids is 2. The van der Waals surface area contributed by atoms with E-state index in [1.807, 2.05) is 0 Å². The minimum Gasteiger partial charge on any atom is -0.454 e. The van der Waals surface area contributed by atoms with Crippen LogP contribution in [-0.2, 0) is 14.3 Å². The molecule has 2 aliphatic rings. The lowest BCUT2D eigenvalue weighted by Gasteiger charge is -2.26. The number of hydrogen-bond donors (Lipinski definition) is 2. The van der Waals surface area contributed by atoms with Crippen LogP contribution >= 0.6 is 15.9 Å². The molecule has 2 heterocycles. The van der Waals surface area contributed by atoms with Gasteiger partial charge in [0, 0.05) is 29.7 Å². The highest BCUT2D eigenvalue weighted by atomic mass is 79.9. The molecule has 1 aromatic carbocycles. The molecular formula is C17H21BrN4O5. The van der Waals surface area contributed by atoms with Crippen molar-refractivity contribution < 1.29 is 23.8 Å². The maximum atomic E-state index is 11.8. The van der Waals surface area contributed by atoms with Gasteiger partial charge < -0.3 is 19.5 Å². The van der Waals surface area contributed by atoms with Gasteiger partial charge in [-0.05, 0) is 41.0 Å². The Balaban J connectivity index is 1.38. The lowest BCUT2D eigenvalue weighted by Crippen LogP contribution is -2.40. The Kier molecular flexibility index (Phi) is 7.02. The summed E-state index contributed by atoms with van der Waals surface area (Å²) in [5, 5.41) is 6.40. The van der Waals surface area contributed by atoms with E-state index in [1.165, 1.54) is 6.21 Å². The number of ether oxygens (including phenoxy) is 3. The molecule has 0 aromatic heterocycles. The van der Waals surface area contributed by atoms with Crippen molar-refractivity contribution >= 4 is 34.0 Å². The highest BCUT2D eigenvalue weighted by Gasteiger charge is 2.16. The Hall–Kier alpha value is -2.17. The molecule has 0 bridgehead atoms. The third-order valence-corrected chi connectivity index (χ3v) is 4.79. The van der Waals surface area contributed by atoms with Gasteiger partial charge in [0.2, 0.25) is 6.79 Å². The first-order valence-electron chi connectivity index (χ1n) is 8.64. The number of rotatable bonds is 6. The van der Waals surface area contributed by atoms with E-state index in [0.717, 1.165) is 43.7 Å². The van der Waals surface area contributed by atoms with Crippen molar-refractivity contribution in [2.24, 2.45) is 5.10 Å². The van der Waals surface area contributed by atoms with Crippen LogP contribution in [0.1, 0.15) is 12.0 Å². The number of nitrogens with one attached hydrogen (secondary N) is 2. The SMILES string of the molecule is O=C(NCCCN1CCOCC1)C(=O)N/N=C/c1cc2c(cc1Br)OCO2. The topological polar surface area (TPSA) is 101 Å². The molecule has 2 aliphatic heterocycles. The Bertz CT molecular complexity index is 722. The number of carbonyl (C=O) groups is 2. The summed E-state index contributed by atoms with van der Waals surface area (Å²) in [6.07, 6.45) is 2.20. The molecule has 9 nitrogen and oxygen atoms in total. The monoisotopic (exact) mass is 440 g/mol. The molecular weight excluding hydrogens is 420 g/mol. The molecule has 0 spiro atoms. The van der Waals surface area contributed by atoms with Crippen LogP contribution in [0.4, 0.5) is 0 Å². The van der Waals surface area contributed by atoms with Crippen LogP contribution in [0.2, 0.25) is 0 Å². The van der Waals surface area contributed by atoms with Gasteiger partial charge >= 0.3 is 11.8 Å². The van der Waals surface area contributed by atoms with Crippen LogP contribution in [-0.4, -0.2) is 69.1 Å². The van der Waals surface area contributed by atoms with Crippen molar-refractivity contribution in [2.75, 3.05) is 46.2 Å². The van der Waals surface area contributed by atoms with E-state index in [9.17, 15) is 9.59 Å². The fourth-order valence-corrected chi connectivity index (χ4v) is 3.08. The molecule has 10 heteroatoms. The Morgan fingerprint density at radius 1 is 1.19 bits per heavy atom. The van der Waals surface area contributed by atoms with E-state index < -0.39 is 11.8 Å². The summed E-state index contributed by atoms with van der Waals surface area (Å²) in [6.45, 7) is 4.75. The van der Waals surface area contributed by atoms with Gasteiger partial charge in [-0.15, -0.1) is 0 Å². The summed E-state index contributed by atoms with van der Waals surface area (Å²) in [6, 6.07) is 3.49. The zero-order chi connectivity index (χ0) is 19.1. The van der Waals surface area contributed by atoms with E-state index in [0.29, 0.717) is 23.6 Å². The van der Waals surface area contributed by atoms with Gasteiger partial charge in [0.1, 0.15) is 0 Å². The van der Waals surface area contributed by atoms with Crippen LogP contribution in [0.15, 0.2) is 21.7 Å². The van der Waals surface area contributed by atoms with Crippen molar-refractivity contribution in [2.45, 2.75) is 6.42 Å². The quantitative estimate of drug-likeness (QED) is 0.288. The first-order chi connectivity index (χ1) is 13.1. The van der Waals surface area contributed by atoms with Crippen molar-refractivity contribution in [3.05, 3.63) is 22.2 Å². The molecule has 1 aromatic rings. The molecule has 27 heavy (non-hydrogen) atoms. The predicted molar refractivity (Wildman–Crippen MR) is 101 cm³/mol. The van der Waals surface area contributed by atoms with E-state index in [1.54, 1.807) is 12.1 Å². The van der Waals surface area contributed by atoms with Gasteiger partial charge in [0.05, 0.1) is 19.4 Å². The first-order valence-corrected chi connectivity index (χ1v) is 9.43. The molecule has 1 fully saturated rings. The largest absolute Gasteiger partial charge is 0.454 e. The maximum absolute atomic E-state index is 11.8. The second-order valence-corrected chi connectivity index (χ2v) is 6.84. The van der Waals surface area contributed by atoms with Crippen LogP contribution in [0.25, 0.3) is 0 Å².